The maximum absolute atomic E-state index is 13.0. The topological polar surface area (TPSA) is 63.7 Å². The van der Waals surface area contributed by atoms with Crippen LogP contribution < -0.4 is 0 Å². The van der Waals surface area contributed by atoms with E-state index < -0.39 is 10.0 Å². The second-order valence-electron chi connectivity index (χ2n) is 4.89. The Bertz CT molecular complexity index is 821. The van der Waals surface area contributed by atoms with E-state index in [0.717, 1.165) is 0 Å². The van der Waals surface area contributed by atoms with Gasteiger partial charge in [0, 0.05) is 4.47 Å². The first kappa shape index (κ1) is 16.0. The van der Waals surface area contributed by atoms with Crippen LogP contribution in [0, 0.1) is 0 Å². The van der Waals surface area contributed by atoms with E-state index in [1.165, 1.54) is 16.8 Å². The highest BCUT2D eigenvalue weighted by molar-refractivity contribution is 9.10. The van der Waals surface area contributed by atoms with E-state index in [1.807, 2.05) is 0 Å². The molecule has 3 rings (SSSR count). The molecule has 3 aromatic rings. The fraction of sp³-hybridized carbons (Fsp3) is 0.125. The first-order valence-electron chi connectivity index (χ1n) is 6.86. The molecule has 0 radical (unpaired) electrons. The van der Waals surface area contributed by atoms with Crippen LogP contribution in [0.5, 0.6) is 0 Å². The van der Waals surface area contributed by atoms with Crippen molar-refractivity contribution in [1.82, 2.24) is 4.31 Å². The molecule has 5 nitrogen and oxygen atoms in total. The molecule has 23 heavy (non-hydrogen) atoms. The van der Waals surface area contributed by atoms with Crippen molar-refractivity contribution in [2.75, 3.05) is 0 Å². The van der Waals surface area contributed by atoms with E-state index in [-0.39, 0.29) is 18.0 Å². The summed E-state index contributed by atoms with van der Waals surface area (Å²) in [6, 6.07) is 13.6. The molecule has 7 heteroatoms. The van der Waals surface area contributed by atoms with Crippen molar-refractivity contribution in [3.8, 4) is 0 Å². The predicted molar refractivity (Wildman–Crippen MR) is 88.0 cm³/mol. The van der Waals surface area contributed by atoms with Crippen LogP contribution in [0.1, 0.15) is 11.5 Å². The van der Waals surface area contributed by atoms with Crippen molar-refractivity contribution < 1.29 is 17.3 Å². The molecule has 0 unspecified atom stereocenters. The molecule has 0 saturated heterocycles. The Balaban J connectivity index is 1.95. The quantitative estimate of drug-likeness (QED) is 0.631. The molecule has 0 amide bonds. The Labute approximate surface area is 142 Å². The first-order chi connectivity index (χ1) is 11.1. The fourth-order valence-corrected chi connectivity index (χ4v) is 4.12. The Morgan fingerprint density at radius 2 is 1.52 bits per heavy atom. The first-order valence-corrected chi connectivity index (χ1v) is 9.09. The van der Waals surface area contributed by atoms with E-state index in [9.17, 15) is 8.42 Å². The molecular formula is C16H14BrNO4S. The maximum atomic E-state index is 13.0. The minimum atomic E-state index is -3.69. The molecule has 0 N–H and O–H groups in total. The average Bonchev–Trinajstić information content (AvgIpc) is 3.20. The lowest BCUT2D eigenvalue weighted by Gasteiger charge is -2.20. The molecule has 1 aromatic carbocycles. The average molecular weight is 396 g/mol. The predicted octanol–water partition coefficient (Wildman–Crippen LogP) is 4.03. The minimum absolute atomic E-state index is 0.128. The number of hydrogen-bond acceptors (Lipinski definition) is 4. The summed E-state index contributed by atoms with van der Waals surface area (Å²) in [5, 5.41) is 0. The summed E-state index contributed by atoms with van der Waals surface area (Å²) in [5.41, 5.74) is 0. The van der Waals surface area contributed by atoms with E-state index in [2.05, 4.69) is 15.9 Å². The van der Waals surface area contributed by atoms with Gasteiger partial charge in [0.2, 0.25) is 10.0 Å². The zero-order valence-corrected chi connectivity index (χ0v) is 14.5. The number of halogens is 1. The van der Waals surface area contributed by atoms with Gasteiger partial charge in [-0.2, -0.15) is 4.31 Å². The Kier molecular flexibility index (Phi) is 4.70. The third-order valence-corrected chi connectivity index (χ3v) is 5.54. The third-order valence-electron chi connectivity index (χ3n) is 3.26. The monoisotopic (exact) mass is 395 g/mol. The lowest BCUT2D eigenvalue weighted by Crippen LogP contribution is -2.30. The maximum Gasteiger partial charge on any atom is 0.243 e. The highest BCUT2D eigenvalue weighted by atomic mass is 79.9. The Morgan fingerprint density at radius 3 is 2.00 bits per heavy atom. The van der Waals surface area contributed by atoms with Crippen molar-refractivity contribution in [1.29, 1.82) is 0 Å². The zero-order chi connectivity index (χ0) is 16.3. The van der Waals surface area contributed by atoms with Gasteiger partial charge in [-0.3, -0.25) is 0 Å². The largest absolute Gasteiger partial charge is 0.468 e. The van der Waals surface area contributed by atoms with Crippen LogP contribution in [0.15, 0.2) is 79.3 Å². The molecule has 0 saturated carbocycles. The van der Waals surface area contributed by atoms with Gasteiger partial charge >= 0.3 is 0 Å². The van der Waals surface area contributed by atoms with Gasteiger partial charge in [-0.25, -0.2) is 8.42 Å². The van der Waals surface area contributed by atoms with Crippen LogP contribution in [0.2, 0.25) is 0 Å². The number of nitrogens with zero attached hydrogens (tertiary/aromatic N) is 1. The molecule has 120 valence electrons. The van der Waals surface area contributed by atoms with Crippen LogP contribution in [0.3, 0.4) is 0 Å². The Hall–Kier alpha value is -1.83. The van der Waals surface area contributed by atoms with Gasteiger partial charge in [-0.15, -0.1) is 0 Å². The molecule has 0 bridgehead atoms. The summed E-state index contributed by atoms with van der Waals surface area (Å²) in [6.07, 6.45) is 3.04. The van der Waals surface area contributed by atoms with Crippen LogP contribution >= 0.6 is 15.9 Å². The Morgan fingerprint density at radius 1 is 0.913 bits per heavy atom. The minimum Gasteiger partial charge on any atom is -0.468 e. The van der Waals surface area contributed by atoms with Gasteiger partial charge in [0.1, 0.15) is 11.5 Å². The van der Waals surface area contributed by atoms with Crippen molar-refractivity contribution in [2.24, 2.45) is 0 Å². The van der Waals surface area contributed by atoms with Crippen molar-refractivity contribution in [2.45, 2.75) is 18.0 Å². The lowest BCUT2D eigenvalue weighted by molar-refractivity contribution is 0.330. The van der Waals surface area contributed by atoms with Crippen LogP contribution in [-0.4, -0.2) is 12.7 Å². The normalized spacial score (nSPS) is 11.9. The van der Waals surface area contributed by atoms with Crippen molar-refractivity contribution in [3.05, 3.63) is 77.1 Å². The summed E-state index contributed by atoms with van der Waals surface area (Å²) >= 11 is 3.31. The zero-order valence-electron chi connectivity index (χ0n) is 12.1. The molecule has 0 aliphatic carbocycles. The van der Waals surface area contributed by atoms with Crippen molar-refractivity contribution in [3.63, 3.8) is 0 Å². The molecule has 0 aliphatic heterocycles. The smallest absolute Gasteiger partial charge is 0.243 e. The molecule has 2 aromatic heterocycles. The summed E-state index contributed by atoms with van der Waals surface area (Å²) in [6.45, 7) is 0.255. The standard InChI is InChI=1S/C16H14BrNO4S/c17-13-4-1-7-16(10-13)23(19,20)18(11-14-5-2-8-21-14)12-15-6-3-9-22-15/h1-10H,11-12H2. The van der Waals surface area contributed by atoms with Crippen molar-refractivity contribution >= 4 is 26.0 Å². The number of hydrogen-bond donors (Lipinski definition) is 0. The summed E-state index contributed by atoms with van der Waals surface area (Å²) in [7, 11) is -3.69. The SMILES string of the molecule is O=S(=O)(c1cccc(Br)c1)N(Cc1ccco1)Cc1ccco1. The van der Waals surface area contributed by atoms with Gasteiger partial charge in [0.05, 0.1) is 30.5 Å². The van der Waals surface area contributed by atoms with Crippen LogP contribution in [0.4, 0.5) is 0 Å². The van der Waals surface area contributed by atoms with Gasteiger partial charge in [-0.1, -0.05) is 22.0 Å². The second-order valence-corrected chi connectivity index (χ2v) is 7.74. The second kappa shape index (κ2) is 6.74. The molecule has 0 spiro atoms. The van der Waals surface area contributed by atoms with Gasteiger partial charge in [0.15, 0.2) is 0 Å². The van der Waals surface area contributed by atoms with Gasteiger partial charge in [-0.05, 0) is 42.5 Å². The third kappa shape index (κ3) is 3.74. The number of rotatable bonds is 6. The number of sulfonamides is 1. The summed E-state index contributed by atoms with van der Waals surface area (Å²) in [4.78, 5) is 0.213. The number of furan rings is 2. The molecule has 0 aliphatic rings. The van der Waals surface area contributed by atoms with E-state index in [1.54, 1.807) is 48.5 Å². The summed E-state index contributed by atoms with van der Waals surface area (Å²) < 4.78 is 38.5. The fourth-order valence-electron chi connectivity index (χ4n) is 2.16. The highest BCUT2D eigenvalue weighted by Crippen LogP contribution is 2.23. The highest BCUT2D eigenvalue weighted by Gasteiger charge is 2.26. The molecule has 0 fully saturated rings. The number of benzene rings is 1. The van der Waals surface area contributed by atoms with Crippen LogP contribution in [-0.2, 0) is 23.1 Å². The van der Waals surface area contributed by atoms with E-state index >= 15 is 0 Å². The van der Waals surface area contributed by atoms with Gasteiger partial charge in [0.25, 0.3) is 0 Å². The van der Waals surface area contributed by atoms with E-state index in [0.29, 0.717) is 16.0 Å². The summed E-state index contributed by atoms with van der Waals surface area (Å²) in [5.74, 6) is 1.13. The van der Waals surface area contributed by atoms with Gasteiger partial charge < -0.3 is 8.83 Å². The molecule has 2 heterocycles. The van der Waals surface area contributed by atoms with Crippen LogP contribution in [0.25, 0.3) is 0 Å². The lowest BCUT2D eigenvalue weighted by atomic mass is 10.4. The molecular weight excluding hydrogens is 382 g/mol. The van der Waals surface area contributed by atoms with E-state index in [4.69, 9.17) is 8.83 Å². The molecule has 0 atom stereocenters.